The van der Waals surface area contributed by atoms with Gasteiger partial charge in [0.1, 0.15) is 0 Å². The van der Waals surface area contributed by atoms with E-state index in [2.05, 4.69) is 5.32 Å². The summed E-state index contributed by atoms with van der Waals surface area (Å²) in [6.45, 7) is 1.11. The zero-order chi connectivity index (χ0) is 15.5. The average molecular weight is 300 g/mol. The van der Waals surface area contributed by atoms with E-state index in [0.717, 1.165) is 25.3 Å². The van der Waals surface area contributed by atoms with Gasteiger partial charge in [-0.15, -0.1) is 0 Å². The van der Waals surface area contributed by atoms with Gasteiger partial charge in [0.05, 0.1) is 11.1 Å². The first-order chi connectivity index (χ1) is 9.95. The summed E-state index contributed by atoms with van der Waals surface area (Å²) >= 11 is 0. The van der Waals surface area contributed by atoms with Crippen molar-refractivity contribution >= 4 is 5.91 Å². The van der Waals surface area contributed by atoms with Crippen LogP contribution < -0.4 is 5.32 Å². The van der Waals surface area contributed by atoms with Crippen molar-refractivity contribution in [1.82, 2.24) is 10.2 Å². The first-order valence-corrected chi connectivity index (χ1v) is 7.07. The fourth-order valence-corrected chi connectivity index (χ4v) is 2.79. The highest BCUT2D eigenvalue weighted by Crippen LogP contribution is 2.33. The Balaban J connectivity index is 2.31. The summed E-state index contributed by atoms with van der Waals surface area (Å²) in [6, 6.07) is 4.96. The normalized spacial score (nSPS) is 19.6. The lowest BCUT2D eigenvalue weighted by Crippen LogP contribution is -2.48. The Hall–Kier alpha value is -1.56. The van der Waals surface area contributed by atoms with Crippen molar-refractivity contribution in [3.63, 3.8) is 0 Å². The third kappa shape index (κ3) is 3.56. The highest BCUT2D eigenvalue weighted by atomic mass is 19.4. The zero-order valence-corrected chi connectivity index (χ0v) is 11.9. The minimum absolute atomic E-state index is 0.0439. The lowest BCUT2D eigenvalue weighted by atomic mass is 9.99. The maximum atomic E-state index is 13.0. The first kappa shape index (κ1) is 15.8. The number of halogens is 3. The van der Waals surface area contributed by atoms with Crippen molar-refractivity contribution in [2.24, 2.45) is 0 Å². The van der Waals surface area contributed by atoms with Gasteiger partial charge in [0.2, 0.25) is 0 Å². The van der Waals surface area contributed by atoms with E-state index in [1.165, 1.54) is 18.2 Å². The average Bonchev–Trinajstić information content (AvgIpc) is 2.46. The number of carbonyl (C=O) groups is 1. The number of piperidine rings is 1. The van der Waals surface area contributed by atoms with Crippen molar-refractivity contribution in [2.45, 2.75) is 31.5 Å². The summed E-state index contributed by atoms with van der Waals surface area (Å²) in [5.74, 6) is -0.525. The van der Waals surface area contributed by atoms with E-state index < -0.39 is 17.6 Å². The van der Waals surface area contributed by atoms with E-state index in [-0.39, 0.29) is 11.6 Å². The number of alkyl halides is 3. The highest BCUT2D eigenvalue weighted by Gasteiger charge is 2.37. The van der Waals surface area contributed by atoms with E-state index in [1.807, 2.05) is 0 Å². The maximum Gasteiger partial charge on any atom is 0.417 e. The molecule has 0 radical (unpaired) electrons. The van der Waals surface area contributed by atoms with E-state index in [4.69, 9.17) is 0 Å². The van der Waals surface area contributed by atoms with Crippen LogP contribution in [0.4, 0.5) is 13.2 Å². The fraction of sp³-hybridized carbons (Fsp3) is 0.533. The fourth-order valence-electron chi connectivity index (χ4n) is 2.79. The van der Waals surface area contributed by atoms with Gasteiger partial charge in [-0.2, -0.15) is 13.2 Å². The number of benzene rings is 1. The van der Waals surface area contributed by atoms with Gasteiger partial charge in [-0.1, -0.05) is 12.1 Å². The van der Waals surface area contributed by atoms with E-state index >= 15 is 0 Å². The van der Waals surface area contributed by atoms with Crippen molar-refractivity contribution in [3.8, 4) is 0 Å². The number of likely N-dealkylation sites (N-methyl/N-ethyl adjacent to an activating group) is 1. The van der Waals surface area contributed by atoms with Gasteiger partial charge in [-0.25, -0.2) is 0 Å². The number of nitrogens with one attached hydrogen (secondary N) is 1. The molecule has 1 unspecified atom stereocenters. The summed E-state index contributed by atoms with van der Waals surface area (Å²) in [4.78, 5) is 14.1. The van der Waals surface area contributed by atoms with Gasteiger partial charge in [0.25, 0.3) is 5.91 Å². The molecule has 2 rings (SSSR count). The molecule has 1 atom stereocenters. The molecule has 0 bridgehead atoms. The summed E-state index contributed by atoms with van der Waals surface area (Å²) in [5, 5.41) is 3.00. The Morgan fingerprint density at radius 1 is 1.33 bits per heavy atom. The van der Waals surface area contributed by atoms with Crippen LogP contribution in [0.1, 0.15) is 35.2 Å². The van der Waals surface area contributed by atoms with Gasteiger partial charge in [-0.3, -0.25) is 4.79 Å². The second-order valence-electron chi connectivity index (χ2n) is 5.25. The van der Waals surface area contributed by atoms with Crippen LogP contribution in [0.5, 0.6) is 0 Å². The number of nitrogens with zero attached hydrogens (tertiary/aromatic N) is 1. The predicted octanol–water partition coefficient (Wildman–Crippen LogP) is 2.92. The molecule has 1 aliphatic heterocycles. The summed E-state index contributed by atoms with van der Waals surface area (Å²) < 4.78 is 39.1. The second-order valence-corrected chi connectivity index (χ2v) is 5.25. The molecule has 1 aromatic carbocycles. The van der Waals surface area contributed by atoms with Crippen LogP contribution in [0, 0.1) is 0 Å². The van der Waals surface area contributed by atoms with Gasteiger partial charge in [0, 0.05) is 19.1 Å². The largest absolute Gasteiger partial charge is 0.417 e. The molecule has 3 nitrogen and oxygen atoms in total. The molecule has 1 N–H and O–H groups in total. The van der Waals surface area contributed by atoms with E-state index in [1.54, 1.807) is 11.9 Å². The zero-order valence-electron chi connectivity index (χ0n) is 11.9. The van der Waals surface area contributed by atoms with Crippen molar-refractivity contribution in [1.29, 1.82) is 0 Å². The van der Waals surface area contributed by atoms with Crippen LogP contribution in [-0.4, -0.2) is 37.0 Å². The van der Waals surface area contributed by atoms with Crippen LogP contribution in [-0.2, 0) is 6.18 Å². The van der Waals surface area contributed by atoms with E-state index in [0.29, 0.717) is 13.1 Å². The predicted molar refractivity (Wildman–Crippen MR) is 74.0 cm³/mol. The third-order valence-corrected chi connectivity index (χ3v) is 3.79. The monoisotopic (exact) mass is 300 g/mol. The molecule has 0 saturated carbocycles. The van der Waals surface area contributed by atoms with Crippen molar-refractivity contribution in [3.05, 3.63) is 35.4 Å². The number of likely N-dealkylation sites (tertiary alicyclic amines) is 1. The van der Waals surface area contributed by atoms with Gasteiger partial charge < -0.3 is 10.2 Å². The summed E-state index contributed by atoms with van der Waals surface area (Å²) in [6.07, 6.45) is -1.86. The number of rotatable bonds is 3. The standard InChI is InChI=1S/C15H19F3N2O/c1-19-10-11-6-4-5-9-20(11)14(21)12-7-2-3-8-13(12)15(16,17)18/h2-3,7-8,11,19H,4-6,9-10H2,1H3. The lowest BCUT2D eigenvalue weighted by Gasteiger charge is -2.36. The van der Waals surface area contributed by atoms with Crippen LogP contribution in [0.2, 0.25) is 0 Å². The number of hydrogen-bond donors (Lipinski definition) is 1. The minimum atomic E-state index is -4.51. The molecule has 1 saturated heterocycles. The Labute approximate surface area is 122 Å². The Kier molecular flexibility index (Phi) is 4.88. The van der Waals surface area contributed by atoms with Crippen LogP contribution in [0.3, 0.4) is 0 Å². The first-order valence-electron chi connectivity index (χ1n) is 7.07. The Bertz CT molecular complexity index is 500. The third-order valence-electron chi connectivity index (χ3n) is 3.79. The molecular weight excluding hydrogens is 281 g/mol. The van der Waals surface area contributed by atoms with Gasteiger partial charge in [0.15, 0.2) is 0 Å². The highest BCUT2D eigenvalue weighted by molar-refractivity contribution is 5.96. The molecule has 1 amide bonds. The molecule has 0 spiro atoms. The summed E-state index contributed by atoms with van der Waals surface area (Å²) in [5.41, 5.74) is -1.11. The molecule has 21 heavy (non-hydrogen) atoms. The summed E-state index contributed by atoms with van der Waals surface area (Å²) in [7, 11) is 1.78. The molecule has 1 aromatic rings. The van der Waals surface area contributed by atoms with Crippen LogP contribution in [0.15, 0.2) is 24.3 Å². The van der Waals surface area contributed by atoms with Crippen molar-refractivity contribution in [2.75, 3.05) is 20.1 Å². The molecule has 0 aromatic heterocycles. The van der Waals surface area contributed by atoms with Gasteiger partial charge in [-0.05, 0) is 38.4 Å². The van der Waals surface area contributed by atoms with E-state index in [9.17, 15) is 18.0 Å². The molecular formula is C15H19F3N2O. The minimum Gasteiger partial charge on any atom is -0.334 e. The molecule has 1 aliphatic rings. The number of carbonyl (C=O) groups excluding carboxylic acids is 1. The second kappa shape index (κ2) is 6.47. The lowest BCUT2D eigenvalue weighted by molar-refractivity contribution is -0.138. The Morgan fingerprint density at radius 3 is 2.71 bits per heavy atom. The molecule has 116 valence electrons. The topological polar surface area (TPSA) is 32.3 Å². The van der Waals surface area contributed by atoms with Crippen LogP contribution >= 0.6 is 0 Å². The molecule has 1 heterocycles. The molecule has 1 fully saturated rings. The maximum absolute atomic E-state index is 13.0. The molecule has 6 heteroatoms. The van der Waals surface area contributed by atoms with Gasteiger partial charge >= 0.3 is 6.18 Å². The number of amides is 1. The molecule has 0 aliphatic carbocycles. The Morgan fingerprint density at radius 2 is 2.05 bits per heavy atom. The smallest absolute Gasteiger partial charge is 0.334 e. The SMILES string of the molecule is CNCC1CCCCN1C(=O)c1ccccc1C(F)(F)F. The quantitative estimate of drug-likeness (QED) is 0.931. The number of hydrogen-bond acceptors (Lipinski definition) is 2. The van der Waals surface area contributed by atoms with Crippen LogP contribution in [0.25, 0.3) is 0 Å². The van der Waals surface area contributed by atoms with Crippen molar-refractivity contribution < 1.29 is 18.0 Å².